The zero-order valence-corrected chi connectivity index (χ0v) is 20.2. The van der Waals surface area contributed by atoms with Crippen LogP contribution in [0.5, 0.6) is 0 Å². The Hall–Kier alpha value is -2.32. The summed E-state index contributed by atoms with van der Waals surface area (Å²) in [5.41, 5.74) is 3.11. The third-order valence-corrected chi connectivity index (χ3v) is 7.82. The van der Waals surface area contributed by atoms with E-state index < -0.39 is 10.7 Å². The number of fused-ring (bicyclic) bond motifs is 3. The standard InChI is InChI=1S/C25H23Cl2FN4O2/c1-24(2)33-20-14(3-7-25(27)8-4-18(28)15-5-9-29-12-17(15)25)11-19(21(20)34-24)32-10-6-16-22(26)30-13-31-23(16)32/h4-6,9-13,19-21H,3,7-8H2,1-2H3/t19-,20-,21+,25?/m1/s1. The molecule has 176 valence electrons. The van der Waals surface area contributed by atoms with Gasteiger partial charge < -0.3 is 14.0 Å². The molecule has 0 radical (unpaired) electrons. The highest BCUT2D eigenvalue weighted by Gasteiger charge is 2.51. The lowest BCUT2D eigenvalue weighted by molar-refractivity contribution is -0.147. The summed E-state index contributed by atoms with van der Waals surface area (Å²) >= 11 is 13.4. The first-order chi connectivity index (χ1) is 16.3. The molecule has 3 aromatic heterocycles. The highest BCUT2D eigenvalue weighted by atomic mass is 35.5. The Kier molecular flexibility index (Phi) is 5.12. The van der Waals surface area contributed by atoms with Crippen LogP contribution in [0.15, 0.2) is 54.8 Å². The lowest BCUT2D eigenvalue weighted by atomic mass is 9.83. The summed E-state index contributed by atoms with van der Waals surface area (Å²) in [5, 5.41) is 1.21. The number of halogens is 3. The van der Waals surface area contributed by atoms with E-state index >= 15 is 0 Å². The van der Waals surface area contributed by atoms with Gasteiger partial charge in [0, 0.05) is 29.7 Å². The van der Waals surface area contributed by atoms with Gasteiger partial charge in [-0.2, -0.15) is 0 Å². The second-order valence-corrected chi connectivity index (χ2v) is 10.6. The van der Waals surface area contributed by atoms with Crippen LogP contribution >= 0.6 is 23.2 Å². The molecule has 0 saturated carbocycles. The van der Waals surface area contributed by atoms with Crippen LogP contribution in [0.3, 0.4) is 0 Å². The SMILES string of the molecule is CC1(C)O[C@@H]2[C@H](O1)C(CCC1(Cl)CC=C(F)c3ccncc31)=C[C@H]2n1ccc2c(Cl)ncnc21. The lowest BCUT2D eigenvalue weighted by Gasteiger charge is -2.31. The van der Waals surface area contributed by atoms with Crippen molar-refractivity contribution in [1.82, 2.24) is 19.5 Å². The van der Waals surface area contributed by atoms with Crippen molar-refractivity contribution >= 4 is 40.1 Å². The molecule has 0 spiro atoms. The third kappa shape index (κ3) is 3.49. The van der Waals surface area contributed by atoms with Crippen LogP contribution in [0.1, 0.15) is 50.3 Å². The third-order valence-electron chi connectivity index (χ3n) is 6.97. The minimum absolute atomic E-state index is 0.117. The van der Waals surface area contributed by atoms with E-state index in [1.165, 1.54) is 6.33 Å². The number of ether oxygens (including phenoxy) is 2. The second kappa shape index (κ2) is 7.85. The van der Waals surface area contributed by atoms with Gasteiger partial charge in [-0.25, -0.2) is 14.4 Å². The molecule has 34 heavy (non-hydrogen) atoms. The fraction of sp³-hybridized carbons (Fsp3) is 0.400. The van der Waals surface area contributed by atoms with Gasteiger partial charge in [0.15, 0.2) is 5.79 Å². The van der Waals surface area contributed by atoms with E-state index in [9.17, 15) is 4.39 Å². The van der Waals surface area contributed by atoms with Gasteiger partial charge in [-0.3, -0.25) is 4.98 Å². The average Bonchev–Trinajstić information content (AvgIpc) is 3.47. The van der Waals surface area contributed by atoms with Gasteiger partial charge in [0.05, 0.1) is 16.3 Å². The first kappa shape index (κ1) is 22.2. The van der Waals surface area contributed by atoms with E-state index in [0.717, 1.165) is 22.2 Å². The number of pyridine rings is 1. The number of nitrogens with zero attached hydrogens (tertiary/aromatic N) is 4. The maximum atomic E-state index is 14.4. The maximum Gasteiger partial charge on any atom is 0.164 e. The molecule has 0 bridgehead atoms. The van der Waals surface area contributed by atoms with Gasteiger partial charge in [-0.1, -0.05) is 17.7 Å². The minimum Gasteiger partial charge on any atom is -0.342 e. The van der Waals surface area contributed by atoms with Crippen LogP contribution in [-0.4, -0.2) is 37.5 Å². The Bertz CT molecular complexity index is 1350. The van der Waals surface area contributed by atoms with E-state index in [4.69, 9.17) is 32.7 Å². The van der Waals surface area contributed by atoms with Crippen molar-refractivity contribution in [3.8, 4) is 0 Å². The molecule has 9 heteroatoms. The van der Waals surface area contributed by atoms with Crippen LogP contribution in [-0.2, 0) is 14.3 Å². The molecule has 3 aromatic rings. The predicted molar refractivity (Wildman–Crippen MR) is 128 cm³/mol. The number of rotatable bonds is 4. The highest BCUT2D eigenvalue weighted by Crippen LogP contribution is 2.49. The van der Waals surface area contributed by atoms with Crippen LogP contribution < -0.4 is 0 Å². The zero-order valence-electron chi connectivity index (χ0n) is 18.7. The molecule has 1 fully saturated rings. The number of aromatic nitrogens is 4. The molecule has 2 aliphatic carbocycles. The summed E-state index contributed by atoms with van der Waals surface area (Å²) in [7, 11) is 0. The molecule has 4 heterocycles. The Balaban J connectivity index is 1.33. The van der Waals surface area contributed by atoms with Gasteiger partial charge in [0.25, 0.3) is 0 Å². The van der Waals surface area contributed by atoms with Crippen LogP contribution in [0.25, 0.3) is 16.9 Å². The summed E-state index contributed by atoms with van der Waals surface area (Å²) < 4.78 is 29.1. The Labute approximate surface area is 206 Å². The number of alkyl halides is 1. The molecule has 1 aliphatic heterocycles. The number of hydrogen-bond donors (Lipinski definition) is 0. The van der Waals surface area contributed by atoms with Crippen molar-refractivity contribution in [3.63, 3.8) is 0 Å². The summed E-state index contributed by atoms with van der Waals surface area (Å²) in [5.74, 6) is -0.961. The van der Waals surface area contributed by atoms with E-state index in [0.29, 0.717) is 30.0 Å². The molecule has 6 nitrogen and oxygen atoms in total. The molecule has 4 atom stereocenters. The number of allylic oxidation sites excluding steroid dienone is 1. The van der Waals surface area contributed by atoms with Crippen molar-refractivity contribution < 1.29 is 13.9 Å². The summed E-state index contributed by atoms with van der Waals surface area (Å²) in [6, 6.07) is 3.48. The smallest absolute Gasteiger partial charge is 0.164 e. The van der Waals surface area contributed by atoms with Crippen LogP contribution in [0, 0.1) is 0 Å². The summed E-state index contributed by atoms with van der Waals surface area (Å²) in [4.78, 5) is 12.0. The zero-order chi connectivity index (χ0) is 23.7. The van der Waals surface area contributed by atoms with Gasteiger partial charge in [0.2, 0.25) is 0 Å². The molecule has 0 aromatic carbocycles. The molecular formula is C25H23Cl2FN4O2. The van der Waals surface area contributed by atoms with Crippen molar-refractivity contribution in [2.75, 3.05) is 0 Å². The van der Waals surface area contributed by atoms with Gasteiger partial charge in [-0.15, -0.1) is 11.6 Å². The minimum atomic E-state index is -0.733. The Morgan fingerprint density at radius 2 is 2.09 bits per heavy atom. The normalized spacial score (nSPS) is 29.6. The summed E-state index contributed by atoms with van der Waals surface area (Å²) in [6.07, 6.45) is 11.7. The van der Waals surface area contributed by atoms with E-state index in [1.54, 1.807) is 24.5 Å². The van der Waals surface area contributed by atoms with Crippen LogP contribution in [0.4, 0.5) is 4.39 Å². The molecule has 0 amide bonds. The molecule has 3 aliphatic rings. The number of hydrogen-bond acceptors (Lipinski definition) is 5. The van der Waals surface area contributed by atoms with E-state index in [-0.39, 0.29) is 24.1 Å². The van der Waals surface area contributed by atoms with Crippen molar-refractivity contribution in [2.45, 2.75) is 62.0 Å². The lowest BCUT2D eigenvalue weighted by Crippen LogP contribution is -2.28. The van der Waals surface area contributed by atoms with Gasteiger partial charge in [-0.05, 0) is 56.9 Å². The van der Waals surface area contributed by atoms with Gasteiger partial charge >= 0.3 is 0 Å². The highest BCUT2D eigenvalue weighted by molar-refractivity contribution is 6.33. The fourth-order valence-corrected chi connectivity index (χ4v) is 5.90. The van der Waals surface area contributed by atoms with Crippen molar-refractivity contribution in [3.05, 3.63) is 71.1 Å². The monoisotopic (exact) mass is 500 g/mol. The Morgan fingerprint density at radius 1 is 1.24 bits per heavy atom. The first-order valence-electron chi connectivity index (χ1n) is 11.3. The molecule has 1 saturated heterocycles. The molecular weight excluding hydrogens is 478 g/mol. The average molecular weight is 501 g/mol. The van der Waals surface area contributed by atoms with E-state index in [2.05, 4.69) is 25.6 Å². The fourth-order valence-electron chi connectivity index (χ4n) is 5.39. The van der Waals surface area contributed by atoms with E-state index in [1.807, 2.05) is 26.1 Å². The predicted octanol–water partition coefficient (Wildman–Crippen LogP) is 6.11. The first-order valence-corrected chi connectivity index (χ1v) is 12.0. The largest absolute Gasteiger partial charge is 0.342 e. The van der Waals surface area contributed by atoms with Crippen LogP contribution in [0.2, 0.25) is 5.15 Å². The molecule has 0 N–H and O–H groups in total. The molecule has 6 rings (SSSR count). The van der Waals surface area contributed by atoms with Gasteiger partial charge in [0.1, 0.15) is 35.2 Å². The summed E-state index contributed by atoms with van der Waals surface area (Å²) in [6.45, 7) is 3.85. The Morgan fingerprint density at radius 3 is 2.94 bits per heavy atom. The van der Waals surface area contributed by atoms with Crippen molar-refractivity contribution in [1.29, 1.82) is 0 Å². The maximum absolute atomic E-state index is 14.4. The topological polar surface area (TPSA) is 62.1 Å². The quantitative estimate of drug-likeness (QED) is 0.245. The van der Waals surface area contributed by atoms with Crippen molar-refractivity contribution in [2.24, 2.45) is 0 Å². The second-order valence-electron chi connectivity index (χ2n) is 9.52. The molecule has 1 unspecified atom stereocenters.